The van der Waals surface area contributed by atoms with Gasteiger partial charge >= 0.3 is 0 Å². The number of nitrogens with one attached hydrogen (secondary N) is 1. The molecule has 2 aromatic heterocycles. The lowest BCUT2D eigenvalue weighted by Gasteiger charge is -1.96. The van der Waals surface area contributed by atoms with Crippen LogP contribution in [0.15, 0.2) is 6.20 Å². The number of hydrogen-bond acceptors (Lipinski definition) is 4. The van der Waals surface area contributed by atoms with Gasteiger partial charge in [0.2, 0.25) is 10.1 Å². The summed E-state index contributed by atoms with van der Waals surface area (Å²) in [7, 11) is 0. The van der Waals surface area contributed by atoms with Crippen LogP contribution in [0.2, 0.25) is 0 Å². The van der Waals surface area contributed by atoms with Gasteiger partial charge in [-0.05, 0) is 19.3 Å². The summed E-state index contributed by atoms with van der Waals surface area (Å²) in [6, 6.07) is 0.631. The van der Waals surface area contributed by atoms with E-state index in [2.05, 4.69) is 22.3 Å². The van der Waals surface area contributed by atoms with Crippen LogP contribution in [0.4, 0.5) is 5.13 Å². The number of imidazole rings is 1. The maximum atomic E-state index is 4.41. The highest BCUT2D eigenvalue weighted by Gasteiger charge is 2.33. The fraction of sp³-hybridized carbons (Fsp3) is 0.556. The summed E-state index contributed by atoms with van der Waals surface area (Å²) in [6.45, 7) is 4.23. The highest BCUT2D eigenvalue weighted by atomic mass is 32.1. The van der Waals surface area contributed by atoms with Crippen molar-refractivity contribution in [3.8, 4) is 0 Å². The molecule has 1 saturated carbocycles. The molecular formula is C9H12N4S. The van der Waals surface area contributed by atoms with E-state index >= 15 is 0 Å². The number of fused-ring (bicyclic) bond motifs is 1. The zero-order valence-corrected chi connectivity index (χ0v) is 9.01. The molecule has 2 atom stereocenters. The summed E-state index contributed by atoms with van der Waals surface area (Å²) >= 11 is 1.62. The average molecular weight is 208 g/mol. The Kier molecular flexibility index (Phi) is 1.58. The van der Waals surface area contributed by atoms with Crippen molar-refractivity contribution in [2.24, 2.45) is 5.92 Å². The summed E-state index contributed by atoms with van der Waals surface area (Å²) < 4.78 is 1.84. The van der Waals surface area contributed by atoms with Crippen LogP contribution in [0.25, 0.3) is 4.96 Å². The van der Waals surface area contributed by atoms with Gasteiger partial charge in [-0.2, -0.15) is 0 Å². The maximum absolute atomic E-state index is 4.41. The Bertz CT molecular complexity index is 441. The van der Waals surface area contributed by atoms with Crippen LogP contribution in [-0.2, 0) is 0 Å². The lowest BCUT2D eigenvalue weighted by atomic mass is 10.5. The van der Waals surface area contributed by atoms with Gasteiger partial charge in [-0.25, -0.2) is 9.50 Å². The van der Waals surface area contributed by atoms with E-state index in [1.807, 2.05) is 17.6 Å². The third-order valence-corrected chi connectivity index (χ3v) is 3.44. The van der Waals surface area contributed by atoms with Crippen molar-refractivity contribution in [3.05, 3.63) is 11.9 Å². The van der Waals surface area contributed by atoms with Gasteiger partial charge in [0.1, 0.15) is 0 Å². The first-order valence-electron chi connectivity index (χ1n) is 4.82. The van der Waals surface area contributed by atoms with E-state index in [9.17, 15) is 0 Å². The van der Waals surface area contributed by atoms with Crippen LogP contribution in [0.1, 0.15) is 19.0 Å². The largest absolute Gasteiger partial charge is 0.357 e. The number of hydrogen-bond donors (Lipinski definition) is 1. The van der Waals surface area contributed by atoms with Crippen molar-refractivity contribution in [1.29, 1.82) is 0 Å². The Balaban J connectivity index is 1.87. The molecule has 0 radical (unpaired) electrons. The van der Waals surface area contributed by atoms with Crippen LogP contribution in [0.5, 0.6) is 0 Å². The molecule has 0 unspecified atom stereocenters. The minimum absolute atomic E-state index is 0.631. The van der Waals surface area contributed by atoms with Gasteiger partial charge in [-0.3, -0.25) is 0 Å². The lowest BCUT2D eigenvalue weighted by molar-refractivity contribution is 0.909. The summed E-state index contributed by atoms with van der Waals surface area (Å²) in [5.41, 5.74) is 1.02. The van der Waals surface area contributed by atoms with Gasteiger partial charge < -0.3 is 5.32 Å². The van der Waals surface area contributed by atoms with E-state index in [0.717, 1.165) is 21.7 Å². The molecular weight excluding hydrogens is 196 g/mol. The molecule has 14 heavy (non-hydrogen) atoms. The Hall–Kier alpha value is -1.10. The minimum atomic E-state index is 0.631. The number of rotatable bonds is 2. The SMILES string of the molecule is Cc1cn2nc(N[C@@H]3C[C@H]3C)sc2n1. The molecule has 4 nitrogen and oxygen atoms in total. The molecule has 0 spiro atoms. The predicted molar refractivity (Wildman–Crippen MR) is 56.8 cm³/mol. The smallest absolute Gasteiger partial charge is 0.214 e. The van der Waals surface area contributed by atoms with Crippen molar-refractivity contribution in [2.75, 3.05) is 5.32 Å². The third-order valence-electron chi connectivity index (χ3n) is 2.58. The highest BCUT2D eigenvalue weighted by molar-refractivity contribution is 7.20. The number of aromatic nitrogens is 3. The Morgan fingerprint density at radius 1 is 1.64 bits per heavy atom. The average Bonchev–Trinajstić information content (AvgIpc) is 2.52. The monoisotopic (exact) mass is 208 g/mol. The Morgan fingerprint density at radius 3 is 3.07 bits per heavy atom. The van der Waals surface area contributed by atoms with E-state index in [1.54, 1.807) is 11.3 Å². The van der Waals surface area contributed by atoms with Crippen molar-refractivity contribution in [1.82, 2.24) is 14.6 Å². The molecule has 0 saturated heterocycles. The van der Waals surface area contributed by atoms with Gasteiger partial charge in [0.15, 0.2) is 0 Å². The van der Waals surface area contributed by atoms with Crippen molar-refractivity contribution in [2.45, 2.75) is 26.3 Å². The predicted octanol–water partition coefficient (Wildman–Crippen LogP) is 1.92. The van der Waals surface area contributed by atoms with E-state index < -0.39 is 0 Å². The van der Waals surface area contributed by atoms with Crippen molar-refractivity contribution >= 4 is 21.4 Å². The van der Waals surface area contributed by atoms with Crippen LogP contribution in [-0.4, -0.2) is 20.6 Å². The first-order chi connectivity index (χ1) is 6.72. The van der Waals surface area contributed by atoms with Crippen molar-refractivity contribution < 1.29 is 0 Å². The molecule has 1 aliphatic carbocycles. The van der Waals surface area contributed by atoms with Crippen LogP contribution < -0.4 is 5.32 Å². The van der Waals surface area contributed by atoms with Gasteiger partial charge in [-0.1, -0.05) is 18.3 Å². The van der Waals surface area contributed by atoms with Crippen LogP contribution in [0.3, 0.4) is 0 Å². The number of aryl methyl sites for hydroxylation is 1. The first kappa shape index (κ1) is 8.23. The lowest BCUT2D eigenvalue weighted by Crippen LogP contribution is -2.03. The molecule has 2 heterocycles. The van der Waals surface area contributed by atoms with E-state index in [4.69, 9.17) is 0 Å². The normalized spacial score (nSPS) is 25.6. The summed E-state index contributed by atoms with van der Waals surface area (Å²) in [5.74, 6) is 0.799. The molecule has 0 bridgehead atoms. The van der Waals surface area contributed by atoms with Gasteiger partial charge in [0.25, 0.3) is 0 Å². The van der Waals surface area contributed by atoms with E-state index in [1.165, 1.54) is 6.42 Å². The minimum Gasteiger partial charge on any atom is -0.357 e. The molecule has 0 aromatic carbocycles. The summed E-state index contributed by atoms with van der Waals surface area (Å²) in [6.07, 6.45) is 3.22. The third kappa shape index (κ3) is 1.28. The molecule has 74 valence electrons. The van der Waals surface area contributed by atoms with Crippen molar-refractivity contribution in [3.63, 3.8) is 0 Å². The molecule has 5 heteroatoms. The molecule has 1 N–H and O–H groups in total. The second kappa shape index (κ2) is 2.70. The molecule has 2 aromatic rings. The van der Waals surface area contributed by atoms with Gasteiger partial charge in [-0.15, -0.1) is 5.10 Å². The van der Waals surface area contributed by atoms with Crippen LogP contribution >= 0.6 is 11.3 Å². The zero-order valence-electron chi connectivity index (χ0n) is 8.19. The second-order valence-corrected chi connectivity index (χ2v) is 4.94. The summed E-state index contributed by atoms with van der Waals surface area (Å²) in [5, 5.41) is 8.80. The molecule has 0 aliphatic heterocycles. The Labute approximate surface area is 86.0 Å². The molecule has 1 aliphatic rings. The maximum Gasteiger partial charge on any atom is 0.214 e. The van der Waals surface area contributed by atoms with Gasteiger partial charge in [0, 0.05) is 6.04 Å². The van der Waals surface area contributed by atoms with Crippen LogP contribution in [0, 0.1) is 12.8 Å². The second-order valence-electron chi connectivity index (χ2n) is 3.98. The highest BCUT2D eigenvalue weighted by Crippen LogP contribution is 2.33. The number of nitrogens with zero attached hydrogens (tertiary/aromatic N) is 3. The fourth-order valence-electron chi connectivity index (χ4n) is 1.55. The number of anilines is 1. The first-order valence-corrected chi connectivity index (χ1v) is 5.63. The molecule has 0 amide bonds. The summed E-state index contributed by atoms with van der Waals surface area (Å²) in [4.78, 5) is 5.33. The van der Waals surface area contributed by atoms with E-state index in [0.29, 0.717) is 6.04 Å². The standard InChI is InChI=1S/C9H12N4S/c1-5-3-7(5)11-8-12-13-4-6(2)10-9(13)14-8/h4-5,7H,3H2,1-2H3,(H,11,12)/t5-,7-/m1/s1. The fourth-order valence-corrected chi connectivity index (χ4v) is 2.44. The van der Waals surface area contributed by atoms with E-state index in [-0.39, 0.29) is 0 Å². The zero-order chi connectivity index (χ0) is 9.71. The quantitative estimate of drug-likeness (QED) is 0.820. The topological polar surface area (TPSA) is 42.2 Å². The molecule has 1 fully saturated rings. The Morgan fingerprint density at radius 2 is 2.43 bits per heavy atom. The molecule has 3 rings (SSSR count). The van der Waals surface area contributed by atoms with Gasteiger partial charge in [0.05, 0.1) is 11.9 Å².